The van der Waals surface area contributed by atoms with Crippen LogP contribution in [0.5, 0.6) is 0 Å². The quantitative estimate of drug-likeness (QED) is 0.655. The number of hydrogen-bond acceptors (Lipinski definition) is 4. The molecule has 0 aromatic heterocycles. The molecule has 1 aromatic carbocycles. The smallest absolute Gasteiger partial charge is 0.407 e. The van der Waals surface area contributed by atoms with Gasteiger partial charge in [-0.05, 0) is 32.8 Å². The Morgan fingerprint density at radius 1 is 1.26 bits per heavy atom. The molecule has 0 unspecified atom stereocenters. The van der Waals surface area contributed by atoms with Gasteiger partial charge in [-0.25, -0.2) is 4.79 Å². The second-order valence-corrected chi connectivity index (χ2v) is 5.70. The topological polar surface area (TPSA) is 64.6 Å². The summed E-state index contributed by atoms with van der Waals surface area (Å²) in [6.07, 6.45) is 2.31. The molecule has 1 amide bonds. The normalized spacial score (nSPS) is 9.91. The first-order valence-corrected chi connectivity index (χ1v) is 7.55. The molecule has 0 atom stereocenters. The van der Waals surface area contributed by atoms with Crippen LogP contribution in [-0.2, 0) is 20.9 Å². The fourth-order valence-electron chi connectivity index (χ4n) is 1.30. The largest absolute Gasteiger partial charge is 0.459 e. The predicted octanol–water partition coefficient (Wildman–Crippen LogP) is 4.08. The highest BCUT2D eigenvalue weighted by Crippen LogP contribution is 2.06. The van der Waals surface area contributed by atoms with Crippen LogP contribution in [0.3, 0.4) is 0 Å². The van der Waals surface area contributed by atoms with Crippen molar-refractivity contribution in [3.05, 3.63) is 48.6 Å². The van der Waals surface area contributed by atoms with Gasteiger partial charge in [-0.15, -0.1) is 6.58 Å². The van der Waals surface area contributed by atoms with Gasteiger partial charge in [0, 0.05) is 1.43 Å². The molecule has 0 saturated heterocycles. The van der Waals surface area contributed by atoms with Crippen molar-refractivity contribution in [2.45, 2.75) is 46.3 Å². The third-order valence-electron chi connectivity index (χ3n) is 2.30. The number of carbonyl (C=O) groups excluding carboxylic acids is 2. The standard InChI is InChI=1S/C14H19NO4.C4H8.H2/c1-14(2,3)19-12(16)9-15-13(17)18-10-11-7-5-4-6-8-11;1-3-4-2;/h4-8H,9-10H2,1-3H3,(H,15,17);3H,1,4H2,2H3;1H. The lowest BCUT2D eigenvalue weighted by Gasteiger charge is -2.19. The molecule has 1 aromatic rings. The highest BCUT2D eigenvalue weighted by molar-refractivity contribution is 5.78. The Morgan fingerprint density at radius 3 is 2.30 bits per heavy atom. The molecule has 5 heteroatoms. The second-order valence-electron chi connectivity index (χ2n) is 5.70. The molecule has 0 saturated carbocycles. The molecule has 130 valence electrons. The van der Waals surface area contributed by atoms with Crippen molar-refractivity contribution in [2.24, 2.45) is 0 Å². The van der Waals surface area contributed by atoms with Gasteiger partial charge in [0.25, 0.3) is 0 Å². The van der Waals surface area contributed by atoms with Gasteiger partial charge in [-0.3, -0.25) is 4.79 Å². The Balaban J connectivity index is 0. The Kier molecular flexibility index (Phi) is 10.2. The highest BCUT2D eigenvalue weighted by Gasteiger charge is 2.16. The van der Waals surface area contributed by atoms with Crippen LogP contribution in [0, 0.1) is 0 Å². The van der Waals surface area contributed by atoms with Crippen LogP contribution < -0.4 is 5.32 Å². The zero-order valence-corrected chi connectivity index (χ0v) is 14.4. The van der Waals surface area contributed by atoms with Crippen molar-refractivity contribution in [3.8, 4) is 0 Å². The summed E-state index contributed by atoms with van der Waals surface area (Å²) in [7, 11) is 0. The van der Waals surface area contributed by atoms with E-state index >= 15 is 0 Å². The van der Waals surface area contributed by atoms with Gasteiger partial charge >= 0.3 is 12.1 Å². The lowest BCUT2D eigenvalue weighted by molar-refractivity contribution is -0.153. The SMILES string of the molecule is C=CCC.CC(C)(C)OC(=O)CNC(=O)OCc1ccccc1.[HH]. The number of alkyl carbamates (subject to hydrolysis) is 1. The number of nitrogens with one attached hydrogen (secondary N) is 1. The summed E-state index contributed by atoms with van der Waals surface area (Å²) in [4.78, 5) is 22.7. The number of allylic oxidation sites excluding steroid dienone is 1. The number of ether oxygens (including phenoxy) is 2. The van der Waals surface area contributed by atoms with Gasteiger partial charge < -0.3 is 14.8 Å². The molecule has 0 aliphatic carbocycles. The molecule has 0 aliphatic rings. The van der Waals surface area contributed by atoms with Crippen LogP contribution in [0.1, 0.15) is 41.1 Å². The van der Waals surface area contributed by atoms with Crippen LogP contribution >= 0.6 is 0 Å². The van der Waals surface area contributed by atoms with Crippen molar-refractivity contribution in [3.63, 3.8) is 0 Å². The number of rotatable bonds is 5. The van der Waals surface area contributed by atoms with E-state index in [0.29, 0.717) is 0 Å². The number of amides is 1. The van der Waals surface area contributed by atoms with Crippen molar-refractivity contribution in [2.75, 3.05) is 6.54 Å². The first-order chi connectivity index (χ1) is 10.8. The Hall–Kier alpha value is -2.30. The molecule has 0 fully saturated rings. The van der Waals surface area contributed by atoms with Crippen molar-refractivity contribution in [1.82, 2.24) is 5.32 Å². The number of hydrogen-bond donors (Lipinski definition) is 1. The van der Waals surface area contributed by atoms with Gasteiger partial charge in [0.15, 0.2) is 0 Å². The summed E-state index contributed by atoms with van der Waals surface area (Å²) >= 11 is 0. The number of esters is 1. The zero-order chi connectivity index (χ0) is 17.7. The molecule has 1 rings (SSSR count). The number of benzene rings is 1. The van der Waals surface area contributed by atoms with Gasteiger partial charge in [0.05, 0.1) is 0 Å². The van der Waals surface area contributed by atoms with Gasteiger partial charge in [0.1, 0.15) is 18.8 Å². The maximum absolute atomic E-state index is 11.3. The summed E-state index contributed by atoms with van der Waals surface area (Å²) in [6.45, 7) is 10.8. The van der Waals surface area contributed by atoms with E-state index in [1.54, 1.807) is 20.8 Å². The summed E-state index contributed by atoms with van der Waals surface area (Å²) in [5, 5.41) is 2.34. The van der Waals surface area contributed by atoms with Crippen molar-refractivity contribution >= 4 is 12.1 Å². The summed E-state index contributed by atoms with van der Waals surface area (Å²) < 4.78 is 9.99. The first kappa shape index (κ1) is 20.7. The van der Waals surface area contributed by atoms with Crippen LogP contribution in [0.2, 0.25) is 0 Å². The second kappa shape index (κ2) is 11.3. The van der Waals surface area contributed by atoms with E-state index in [2.05, 4.69) is 18.8 Å². The molecule has 0 spiro atoms. The maximum Gasteiger partial charge on any atom is 0.407 e. The fraction of sp³-hybridized carbons (Fsp3) is 0.444. The van der Waals surface area contributed by atoms with Crippen LogP contribution in [0.15, 0.2) is 43.0 Å². The van der Waals surface area contributed by atoms with E-state index in [1.807, 2.05) is 36.4 Å². The predicted molar refractivity (Wildman–Crippen MR) is 93.1 cm³/mol. The fourth-order valence-corrected chi connectivity index (χ4v) is 1.30. The van der Waals surface area contributed by atoms with Crippen molar-refractivity contribution in [1.29, 1.82) is 0 Å². The lowest BCUT2D eigenvalue weighted by atomic mass is 10.2. The van der Waals surface area contributed by atoms with E-state index in [-0.39, 0.29) is 14.6 Å². The minimum absolute atomic E-state index is 0. The van der Waals surface area contributed by atoms with Crippen LogP contribution in [0.4, 0.5) is 4.79 Å². The summed E-state index contributed by atoms with van der Waals surface area (Å²) in [5.74, 6) is -0.496. The van der Waals surface area contributed by atoms with E-state index in [0.717, 1.165) is 12.0 Å². The molecule has 0 bridgehead atoms. The van der Waals surface area contributed by atoms with E-state index < -0.39 is 17.7 Å². The molecular formula is C18H29NO4. The average Bonchev–Trinajstić information content (AvgIpc) is 2.50. The molecule has 23 heavy (non-hydrogen) atoms. The highest BCUT2D eigenvalue weighted by atomic mass is 16.6. The molecule has 1 N–H and O–H groups in total. The minimum Gasteiger partial charge on any atom is -0.459 e. The summed E-state index contributed by atoms with van der Waals surface area (Å²) in [5.41, 5.74) is 0.321. The molecular weight excluding hydrogens is 294 g/mol. The maximum atomic E-state index is 11.3. The molecule has 0 aliphatic heterocycles. The van der Waals surface area contributed by atoms with E-state index in [9.17, 15) is 9.59 Å². The van der Waals surface area contributed by atoms with Gasteiger partial charge in [0.2, 0.25) is 0 Å². The third-order valence-corrected chi connectivity index (χ3v) is 2.30. The molecule has 0 radical (unpaired) electrons. The third kappa shape index (κ3) is 13.1. The first-order valence-electron chi connectivity index (χ1n) is 7.55. The van der Waals surface area contributed by atoms with Crippen LogP contribution in [-0.4, -0.2) is 24.2 Å². The van der Waals surface area contributed by atoms with Gasteiger partial charge in [-0.1, -0.05) is 43.3 Å². The zero-order valence-electron chi connectivity index (χ0n) is 14.4. The average molecular weight is 323 g/mol. The Labute approximate surface area is 140 Å². The summed E-state index contributed by atoms with van der Waals surface area (Å²) in [6, 6.07) is 9.29. The Bertz CT molecular complexity index is 484. The van der Waals surface area contributed by atoms with E-state index in [4.69, 9.17) is 9.47 Å². The van der Waals surface area contributed by atoms with Crippen LogP contribution in [0.25, 0.3) is 0 Å². The minimum atomic E-state index is -0.644. The Morgan fingerprint density at radius 2 is 1.83 bits per heavy atom. The monoisotopic (exact) mass is 323 g/mol. The van der Waals surface area contributed by atoms with Crippen molar-refractivity contribution < 1.29 is 20.5 Å². The number of carbonyl (C=O) groups is 2. The lowest BCUT2D eigenvalue weighted by Crippen LogP contribution is -2.34. The molecule has 5 nitrogen and oxygen atoms in total. The van der Waals surface area contributed by atoms with Gasteiger partial charge in [-0.2, -0.15) is 0 Å². The van der Waals surface area contributed by atoms with E-state index in [1.165, 1.54) is 0 Å². The molecule has 0 heterocycles.